The molecular formula is C13H7F4NOS. The number of carbonyl (C=O) groups excluding carboxylic acids is 1. The van der Waals surface area contributed by atoms with Crippen molar-refractivity contribution in [3.8, 4) is 0 Å². The Morgan fingerprint density at radius 2 is 1.70 bits per heavy atom. The highest BCUT2D eigenvalue weighted by atomic mass is 32.1. The highest BCUT2D eigenvalue weighted by Crippen LogP contribution is 2.21. The van der Waals surface area contributed by atoms with Crippen molar-refractivity contribution in [3.05, 3.63) is 59.2 Å². The summed E-state index contributed by atoms with van der Waals surface area (Å²) in [5.74, 6) is -5.85. The third-order valence-corrected chi connectivity index (χ3v) is 2.71. The van der Waals surface area contributed by atoms with Gasteiger partial charge in [0.2, 0.25) is 0 Å². The third-order valence-electron chi connectivity index (χ3n) is 2.44. The van der Waals surface area contributed by atoms with Crippen LogP contribution in [0.5, 0.6) is 0 Å². The molecule has 0 spiro atoms. The Bertz CT molecular complexity index is 690. The van der Waals surface area contributed by atoms with Crippen LogP contribution in [-0.4, -0.2) is 5.91 Å². The molecule has 0 saturated carbocycles. The molecule has 0 radical (unpaired) electrons. The first kappa shape index (κ1) is 14.4. The Morgan fingerprint density at radius 1 is 1.00 bits per heavy atom. The van der Waals surface area contributed by atoms with E-state index in [2.05, 4.69) is 12.6 Å². The number of nitrogens with one attached hydrogen (secondary N) is 1. The number of thiol groups is 1. The third kappa shape index (κ3) is 2.93. The Kier molecular flexibility index (Phi) is 3.99. The van der Waals surface area contributed by atoms with Gasteiger partial charge in [0.15, 0.2) is 11.6 Å². The molecule has 2 rings (SSSR count). The van der Waals surface area contributed by atoms with Crippen LogP contribution >= 0.6 is 12.6 Å². The van der Waals surface area contributed by atoms with Crippen LogP contribution in [0.3, 0.4) is 0 Å². The topological polar surface area (TPSA) is 29.1 Å². The number of halogens is 4. The van der Waals surface area contributed by atoms with Crippen molar-refractivity contribution in [1.29, 1.82) is 0 Å². The fourth-order valence-corrected chi connectivity index (χ4v) is 1.73. The number of hydrogen-bond acceptors (Lipinski definition) is 2. The fourth-order valence-electron chi connectivity index (χ4n) is 1.52. The van der Waals surface area contributed by atoms with E-state index >= 15 is 0 Å². The molecule has 0 bridgehead atoms. The van der Waals surface area contributed by atoms with Crippen molar-refractivity contribution < 1.29 is 22.4 Å². The number of carbonyl (C=O) groups is 1. The molecule has 2 aromatic carbocycles. The lowest BCUT2D eigenvalue weighted by molar-refractivity contribution is 0.102. The van der Waals surface area contributed by atoms with Crippen molar-refractivity contribution in [2.24, 2.45) is 0 Å². The average molecular weight is 301 g/mol. The summed E-state index contributed by atoms with van der Waals surface area (Å²) in [5.41, 5.74) is -1.13. The van der Waals surface area contributed by atoms with Gasteiger partial charge in [0, 0.05) is 17.0 Å². The molecule has 0 aliphatic rings. The quantitative estimate of drug-likeness (QED) is 0.493. The molecule has 0 unspecified atom stereocenters. The van der Waals surface area contributed by atoms with E-state index in [1.165, 1.54) is 6.07 Å². The van der Waals surface area contributed by atoms with Crippen LogP contribution in [0.15, 0.2) is 35.2 Å². The molecule has 20 heavy (non-hydrogen) atoms. The summed E-state index contributed by atoms with van der Waals surface area (Å²) in [6, 6.07) is 4.36. The second kappa shape index (κ2) is 5.54. The van der Waals surface area contributed by atoms with Gasteiger partial charge >= 0.3 is 0 Å². The lowest BCUT2D eigenvalue weighted by atomic mass is 10.2. The van der Waals surface area contributed by atoms with Crippen LogP contribution < -0.4 is 5.32 Å². The number of rotatable bonds is 2. The molecule has 104 valence electrons. The van der Waals surface area contributed by atoms with Gasteiger partial charge in [-0.25, -0.2) is 17.6 Å². The first-order chi connectivity index (χ1) is 9.38. The second-order valence-electron chi connectivity index (χ2n) is 3.87. The van der Waals surface area contributed by atoms with Crippen LogP contribution in [0, 0.1) is 23.3 Å². The van der Waals surface area contributed by atoms with Crippen molar-refractivity contribution in [1.82, 2.24) is 0 Å². The zero-order valence-electron chi connectivity index (χ0n) is 9.75. The Balaban J connectivity index is 2.35. The number of hydrogen-bond donors (Lipinski definition) is 2. The van der Waals surface area contributed by atoms with Gasteiger partial charge in [0.1, 0.15) is 11.6 Å². The van der Waals surface area contributed by atoms with Gasteiger partial charge in [-0.05, 0) is 18.2 Å². The molecule has 1 amide bonds. The standard InChI is InChI=1S/C13H7F4NOS/c14-6-3-10(16)12(17)11(4-6)18-13(19)8-5-7(20)1-2-9(8)15/h1-5,20H,(H,18,19). The summed E-state index contributed by atoms with van der Waals surface area (Å²) in [6.45, 7) is 0. The van der Waals surface area contributed by atoms with Gasteiger partial charge < -0.3 is 5.32 Å². The van der Waals surface area contributed by atoms with E-state index in [1.54, 1.807) is 0 Å². The number of benzene rings is 2. The highest BCUT2D eigenvalue weighted by molar-refractivity contribution is 7.80. The highest BCUT2D eigenvalue weighted by Gasteiger charge is 2.17. The minimum absolute atomic E-state index is 0.308. The average Bonchev–Trinajstić information content (AvgIpc) is 2.38. The first-order valence-electron chi connectivity index (χ1n) is 5.33. The van der Waals surface area contributed by atoms with Gasteiger partial charge in [0.05, 0.1) is 11.3 Å². The molecule has 0 atom stereocenters. The minimum Gasteiger partial charge on any atom is -0.319 e. The molecule has 0 aliphatic carbocycles. The molecule has 0 saturated heterocycles. The van der Waals surface area contributed by atoms with Crippen LogP contribution in [0.1, 0.15) is 10.4 Å². The Hall–Kier alpha value is -2.02. The summed E-state index contributed by atoms with van der Waals surface area (Å²) >= 11 is 3.93. The van der Waals surface area contributed by atoms with Gasteiger partial charge in [-0.3, -0.25) is 4.79 Å². The predicted molar refractivity (Wildman–Crippen MR) is 67.9 cm³/mol. The molecular weight excluding hydrogens is 294 g/mol. The maximum absolute atomic E-state index is 13.4. The van der Waals surface area contributed by atoms with Gasteiger partial charge in [-0.1, -0.05) is 0 Å². The smallest absolute Gasteiger partial charge is 0.258 e. The van der Waals surface area contributed by atoms with E-state index in [-0.39, 0.29) is 0 Å². The Morgan fingerprint density at radius 3 is 2.40 bits per heavy atom. The summed E-state index contributed by atoms with van der Waals surface area (Å²) < 4.78 is 52.8. The molecule has 2 aromatic rings. The van der Waals surface area contributed by atoms with Crippen molar-refractivity contribution in [2.75, 3.05) is 5.32 Å². The molecule has 0 fully saturated rings. The predicted octanol–water partition coefficient (Wildman–Crippen LogP) is 3.78. The van der Waals surface area contributed by atoms with Gasteiger partial charge in [-0.2, -0.15) is 0 Å². The molecule has 2 nitrogen and oxygen atoms in total. The normalized spacial score (nSPS) is 10.4. The molecule has 1 N–H and O–H groups in total. The van der Waals surface area contributed by atoms with Gasteiger partial charge in [-0.15, -0.1) is 12.6 Å². The number of amides is 1. The summed E-state index contributed by atoms with van der Waals surface area (Å²) in [5, 5.41) is 1.91. The SMILES string of the molecule is O=C(Nc1cc(F)cc(F)c1F)c1cc(S)ccc1F. The minimum atomic E-state index is -1.45. The van der Waals surface area contributed by atoms with Crippen molar-refractivity contribution in [2.45, 2.75) is 4.90 Å². The lowest BCUT2D eigenvalue weighted by Gasteiger charge is -2.08. The van der Waals surface area contributed by atoms with E-state index in [9.17, 15) is 22.4 Å². The first-order valence-corrected chi connectivity index (χ1v) is 5.77. The van der Waals surface area contributed by atoms with Crippen LogP contribution in [0.2, 0.25) is 0 Å². The summed E-state index contributed by atoms with van der Waals surface area (Å²) in [7, 11) is 0. The van der Waals surface area contributed by atoms with Crippen molar-refractivity contribution in [3.63, 3.8) is 0 Å². The van der Waals surface area contributed by atoms with E-state index in [1.807, 2.05) is 5.32 Å². The summed E-state index contributed by atoms with van der Waals surface area (Å²) in [6.07, 6.45) is 0. The molecule has 0 heterocycles. The maximum Gasteiger partial charge on any atom is 0.258 e. The van der Waals surface area contributed by atoms with E-state index in [0.717, 1.165) is 12.1 Å². The maximum atomic E-state index is 13.4. The fraction of sp³-hybridized carbons (Fsp3) is 0. The van der Waals surface area contributed by atoms with E-state index < -0.39 is 40.4 Å². The summed E-state index contributed by atoms with van der Waals surface area (Å²) in [4.78, 5) is 12.1. The van der Waals surface area contributed by atoms with Crippen LogP contribution in [0.25, 0.3) is 0 Å². The second-order valence-corrected chi connectivity index (χ2v) is 4.38. The lowest BCUT2D eigenvalue weighted by Crippen LogP contribution is -2.15. The molecule has 0 aromatic heterocycles. The largest absolute Gasteiger partial charge is 0.319 e. The van der Waals surface area contributed by atoms with E-state index in [4.69, 9.17) is 0 Å². The number of anilines is 1. The van der Waals surface area contributed by atoms with Crippen LogP contribution in [-0.2, 0) is 0 Å². The Labute approximate surface area is 116 Å². The van der Waals surface area contributed by atoms with Gasteiger partial charge in [0.25, 0.3) is 5.91 Å². The molecule has 7 heteroatoms. The monoisotopic (exact) mass is 301 g/mol. The molecule has 0 aliphatic heterocycles. The zero-order valence-corrected chi connectivity index (χ0v) is 10.6. The van der Waals surface area contributed by atoms with E-state index in [0.29, 0.717) is 17.0 Å². The zero-order chi connectivity index (χ0) is 14.9. The van der Waals surface area contributed by atoms with Crippen LogP contribution in [0.4, 0.5) is 23.2 Å². The van der Waals surface area contributed by atoms with Crippen molar-refractivity contribution >= 4 is 24.2 Å².